The molecular formula is C25H20ClF3N2O5S. The van der Waals surface area contributed by atoms with Gasteiger partial charge in [0.2, 0.25) is 16.1 Å². The van der Waals surface area contributed by atoms with Crippen molar-refractivity contribution in [2.45, 2.75) is 12.3 Å². The van der Waals surface area contributed by atoms with Crippen LogP contribution in [0.25, 0.3) is 6.08 Å². The van der Waals surface area contributed by atoms with Crippen molar-refractivity contribution in [2.75, 3.05) is 11.9 Å². The van der Waals surface area contributed by atoms with Crippen molar-refractivity contribution in [3.05, 3.63) is 106 Å². The summed E-state index contributed by atoms with van der Waals surface area (Å²) >= 11 is 5.95. The van der Waals surface area contributed by atoms with Crippen LogP contribution in [0.15, 0.2) is 84.3 Å². The van der Waals surface area contributed by atoms with Gasteiger partial charge >= 0.3 is 12.1 Å². The lowest BCUT2D eigenvalue weighted by molar-refractivity contribution is -0.153. The van der Waals surface area contributed by atoms with Crippen LogP contribution in [0.4, 0.5) is 18.9 Å². The highest BCUT2D eigenvalue weighted by atomic mass is 35.5. The molecule has 1 amide bonds. The van der Waals surface area contributed by atoms with Crippen molar-refractivity contribution < 1.29 is 35.9 Å². The molecule has 0 saturated heterocycles. The molecule has 1 atom stereocenters. The number of rotatable bonds is 9. The molecule has 0 fully saturated rings. The number of ether oxygens (including phenoxy) is 1. The molecule has 12 heteroatoms. The molecule has 0 bridgehead atoms. The number of amides is 1. The molecule has 0 aliphatic rings. The minimum atomic E-state index is -4.68. The van der Waals surface area contributed by atoms with Gasteiger partial charge in [0.1, 0.15) is 6.54 Å². The molecule has 7 nitrogen and oxygen atoms in total. The first-order valence-corrected chi connectivity index (χ1v) is 12.5. The maximum Gasteiger partial charge on any atom is 0.416 e. The van der Waals surface area contributed by atoms with Crippen molar-refractivity contribution in [3.63, 3.8) is 0 Å². The first-order valence-electron chi connectivity index (χ1n) is 10.6. The van der Waals surface area contributed by atoms with E-state index >= 15 is 0 Å². The minimum absolute atomic E-state index is 0.169. The average Bonchev–Trinajstić information content (AvgIpc) is 2.86. The molecule has 194 valence electrons. The zero-order valence-electron chi connectivity index (χ0n) is 18.9. The molecular weight excluding hydrogens is 533 g/mol. The van der Waals surface area contributed by atoms with Gasteiger partial charge in [-0.2, -0.15) is 13.2 Å². The number of nitrogens with one attached hydrogen (secondary N) is 2. The van der Waals surface area contributed by atoms with Crippen molar-refractivity contribution in [1.82, 2.24) is 4.72 Å². The predicted octanol–water partition coefficient (Wildman–Crippen LogP) is 5.17. The number of anilines is 1. The molecule has 3 aromatic carbocycles. The third-order valence-electron chi connectivity index (χ3n) is 4.80. The highest BCUT2D eigenvalue weighted by Crippen LogP contribution is 2.34. The predicted molar refractivity (Wildman–Crippen MR) is 133 cm³/mol. The van der Waals surface area contributed by atoms with E-state index in [9.17, 15) is 31.2 Å². The molecule has 0 spiro atoms. The van der Waals surface area contributed by atoms with E-state index in [1.54, 1.807) is 48.5 Å². The van der Waals surface area contributed by atoms with Crippen LogP contribution in [0.1, 0.15) is 22.8 Å². The molecule has 1 unspecified atom stereocenters. The lowest BCUT2D eigenvalue weighted by Gasteiger charge is -2.19. The van der Waals surface area contributed by atoms with E-state index in [2.05, 4.69) is 5.32 Å². The van der Waals surface area contributed by atoms with E-state index in [1.807, 2.05) is 4.72 Å². The van der Waals surface area contributed by atoms with E-state index in [0.717, 1.165) is 17.5 Å². The molecule has 0 aliphatic carbocycles. The highest BCUT2D eigenvalue weighted by molar-refractivity contribution is 7.92. The largest absolute Gasteiger partial charge is 0.446 e. The van der Waals surface area contributed by atoms with Gasteiger partial charge in [0.25, 0.3) is 5.91 Å². The van der Waals surface area contributed by atoms with E-state index in [1.165, 1.54) is 18.2 Å². The number of sulfonamides is 1. The smallest absolute Gasteiger partial charge is 0.416 e. The molecule has 37 heavy (non-hydrogen) atoms. The van der Waals surface area contributed by atoms with Crippen molar-refractivity contribution >= 4 is 45.3 Å². The number of carbonyl (C=O) groups excluding carboxylic acids is 2. The topological polar surface area (TPSA) is 102 Å². The first kappa shape index (κ1) is 27.9. The van der Waals surface area contributed by atoms with Crippen LogP contribution in [-0.2, 0) is 30.5 Å². The summed E-state index contributed by atoms with van der Waals surface area (Å²) in [6.07, 6.45) is -4.96. The van der Waals surface area contributed by atoms with Gasteiger partial charge < -0.3 is 10.1 Å². The maximum atomic E-state index is 13.1. The van der Waals surface area contributed by atoms with Crippen LogP contribution in [0, 0.1) is 0 Å². The van der Waals surface area contributed by atoms with Gasteiger partial charge in [-0.1, -0.05) is 72.3 Å². The minimum Gasteiger partial charge on any atom is -0.446 e. The molecule has 0 aliphatic heterocycles. The molecule has 0 radical (unpaired) electrons. The van der Waals surface area contributed by atoms with Crippen molar-refractivity contribution in [1.29, 1.82) is 0 Å². The molecule has 2 N–H and O–H groups in total. The Morgan fingerprint density at radius 2 is 1.59 bits per heavy atom. The van der Waals surface area contributed by atoms with E-state index in [0.29, 0.717) is 11.6 Å². The SMILES string of the molecule is O=C(CNS(=O)(=O)/C=C/c1ccccc1)OC(C(=O)Nc1cc(C(F)(F)F)ccc1Cl)c1ccccc1. The van der Waals surface area contributed by atoms with E-state index < -0.39 is 46.3 Å². The second-order valence-electron chi connectivity index (χ2n) is 7.54. The van der Waals surface area contributed by atoms with Crippen LogP contribution in [0.2, 0.25) is 5.02 Å². The summed E-state index contributed by atoms with van der Waals surface area (Å²) in [5, 5.41) is 2.94. The number of carbonyl (C=O) groups is 2. The number of benzene rings is 3. The van der Waals surface area contributed by atoms with Gasteiger partial charge in [0, 0.05) is 11.0 Å². The maximum absolute atomic E-state index is 13.1. The lowest BCUT2D eigenvalue weighted by atomic mass is 10.1. The fourth-order valence-corrected chi connectivity index (χ4v) is 3.93. The Bertz CT molecular complexity index is 1380. The lowest BCUT2D eigenvalue weighted by Crippen LogP contribution is -2.33. The van der Waals surface area contributed by atoms with Crippen LogP contribution in [0.5, 0.6) is 0 Å². The summed E-state index contributed by atoms with van der Waals surface area (Å²) < 4.78 is 70.9. The number of halogens is 4. The first-order chi connectivity index (χ1) is 17.4. The van der Waals surface area contributed by atoms with Crippen LogP contribution >= 0.6 is 11.6 Å². The highest BCUT2D eigenvalue weighted by Gasteiger charge is 2.32. The Balaban J connectivity index is 1.73. The third kappa shape index (κ3) is 8.45. The fourth-order valence-electron chi connectivity index (χ4n) is 3.01. The molecule has 3 rings (SSSR count). The van der Waals surface area contributed by atoms with Gasteiger partial charge in [-0.25, -0.2) is 13.1 Å². The summed E-state index contributed by atoms with van der Waals surface area (Å²) in [7, 11) is -4.02. The Kier molecular flexibility index (Phi) is 9.09. The van der Waals surface area contributed by atoms with Gasteiger partial charge in [0.15, 0.2) is 0 Å². The normalized spacial score (nSPS) is 12.8. The summed E-state index contributed by atoms with van der Waals surface area (Å²) in [6, 6.07) is 18.6. The molecule has 3 aromatic rings. The van der Waals surface area contributed by atoms with Crippen molar-refractivity contribution in [3.8, 4) is 0 Å². The second kappa shape index (κ2) is 12.0. The number of alkyl halides is 3. The standard InChI is InChI=1S/C25H20ClF3N2O5S/c26-20-12-11-19(25(27,28)29)15-21(20)31-24(33)23(18-9-5-2-6-10-18)36-22(32)16-30-37(34,35)14-13-17-7-3-1-4-8-17/h1-15,23,30H,16H2,(H,31,33)/b14-13+. The molecule has 0 aromatic heterocycles. The summed E-state index contributed by atoms with van der Waals surface area (Å²) in [4.78, 5) is 25.4. The van der Waals surface area contributed by atoms with Crippen LogP contribution in [-0.4, -0.2) is 26.8 Å². The zero-order valence-corrected chi connectivity index (χ0v) is 20.5. The van der Waals surface area contributed by atoms with E-state index in [-0.39, 0.29) is 16.3 Å². The van der Waals surface area contributed by atoms with Gasteiger partial charge in [-0.3, -0.25) is 9.59 Å². The third-order valence-corrected chi connectivity index (χ3v) is 6.17. The number of hydrogen-bond acceptors (Lipinski definition) is 5. The fraction of sp³-hybridized carbons (Fsp3) is 0.120. The van der Waals surface area contributed by atoms with Gasteiger partial charge in [-0.15, -0.1) is 0 Å². The van der Waals surface area contributed by atoms with Crippen LogP contribution in [0.3, 0.4) is 0 Å². The second-order valence-corrected chi connectivity index (χ2v) is 9.60. The number of esters is 1. The Labute approximate surface area is 216 Å². The van der Waals surface area contributed by atoms with Gasteiger partial charge in [0.05, 0.1) is 16.3 Å². The average molecular weight is 553 g/mol. The summed E-state index contributed by atoms with van der Waals surface area (Å²) in [5.41, 5.74) is -0.573. The summed E-state index contributed by atoms with van der Waals surface area (Å²) in [6.45, 7) is -0.803. The van der Waals surface area contributed by atoms with Crippen molar-refractivity contribution in [2.24, 2.45) is 0 Å². The molecule has 0 saturated carbocycles. The number of hydrogen-bond donors (Lipinski definition) is 2. The Morgan fingerprint density at radius 3 is 2.22 bits per heavy atom. The molecule has 0 heterocycles. The van der Waals surface area contributed by atoms with Gasteiger partial charge in [-0.05, 0) is 29.8 Å². The zero-order chi connectivity index (χ0) is 27.1. The van der Waals surface area contributed by atoms with Crippen LogP contribution < -0.4 is 10.0 Å². The Hall–Kier alpha value is -3.67. The quantitative estimate of drug-likeness (QED) is 0.357. The Morgan fingerprint density at radius 1 is 0.973 bits per heavy atom. The monoisotopic (exact) mass is 552 g/mol. The van der Waals surface area contributed by atoms with E-state index in [4.69, 9.17) is 16.3 Å². The summed E-state index contributed by atoms with van der Waals surface area (Å²) in [5.74, 6) is -2.09.